The lowest BCUT2D eigenvalue weighted by molar-refractivity contribution is 1.64. The number of benzene rings is 2. The van der Waals surface area contributed by atoms with Crippen molar-refractivity contribution in [2.75, 3.05) is 0 Å². The van der Waals surface area contributed by atoms with Crippen LogP contribution in [-0.2, 0) is 0 Å². The zero-order chi connectivity index (χ0) is 14.2. The average molecular weight is 278 g/mol. The molecule has 0 nitrogen and oxygen atoms in total. The highest BCUT2D eigenvalue weighted by Gasteiger charge is 2.14. The first kappa shape index (κ1) is 14.5. The normalized spacial score (nSPS) is 12.0. The van der Waals surface area contributed by atoms with Crippen molar-refractivity contribution in [2.45, 2.75) is 6.92 Å². The van der Waals surface area contributed by atoms with Gasteiger partial charge in [-0.1, -0.05) is 91.5 Å². The van der Waals surface area contributed by atoms with Crippen LogP contribution in [0.2, 0.25) is 0 Å². The van der Waals surface area contributed by atoms with Crippen molar-refractivity contribution in [3.8, 4) is 0 Å². The SMILES string of the molecule is C=C/C=C\C=C(/C)P(c1ccccc1)c1ccccc1. The summed E-state index contributed by atoms with van der Waals surface area (Å²) in [4.78, 5) is 0. The zero-order valence-corrected chi connectivity index (χ0v) is 12.6. The standard InChI is InChI=1S/C19H19P/c1-3-4-7-12-17(2)20(18-13-8-5-9-14-18)19-15-10-6-11-16-19/h3-16H,1H2,2H3/b7-4-,17-12+. The number of allylic oxidation sites excluding steroid dienone is 5. The highest BCUT2D eigenvalue weighted by atomic mass is 31.1. The van der Waals surface area contributed by atoms with Gasteiger partial charge < -0.3 is 0 Å². The van der Waals surface area contributed by atoms with Gasteiger partial charge in [-0.15, -0.1) is 0 Å². The average Bonchev–Trinajstić information content (AvgIpc) is 2.50. The second-order valence-electron chi connectivity index (χ2n) is 4.44. The Morgan fingerprint density at radius 1 is 0.850 bits per heavy atom. The van der Waals surface area contributed by atoms with E-state index in [1.165, 1.54) is 15.9 Å². The third-order valence-corrected chi connectivity index (χ3v) is 5.45. The summed E-state index contributed by atoms with van der Waals surface area (Å²) in [7, 11) is -0.453. The first-order chi connectivity index (χ1) is 9.83. The minimum atomic E-state index is -0.453. The molecule has 0 saturated carbocycles. The van der Waals surface area contributed by atoms with Crippen molar-refractivity contribution in [1.82, 2.24) is 0 Å². The quantitative estimate of drug-likeness (QED) is 0.546. The molecule has 0 aliphatic rings. The molecule has 1 heteroatoms. The van der Waals surface area contributed by atoms with Gasteiger partial charge in [0.05, 0.1) is 0 Å². The van der Waals surface area contributed by atoms with Crippen molar-refractivity contribution in [3.63, 3.8) is 0 Å². The van der Waals surface area contributed by atoms with Gasteiger partial charge in [0.25, 0.3) is 0 Å². The highest BCUT2D eigenvalue weighted by molar-refractivity contribution is 7.76. The highest BCUT2D eigenvalue weighted by Crippen LogP contribution is 2.42. The first-order valence-electron chi connectivity index (χ1n) is 6.69. The first-order valence-corrected chi connectivity index (χ1v) is 8.03. The maximum absolute atomic E-state index is 3.71. The molecule has 0 aliphatic heterocycles. The maximum Gasteiger partial charge on any atom is -0.0154 e. The monoisotopic (exact) mass is 278 g/mol. The molecule has 100 valence electrons. The lowest BCUT2D eigenvalue weighted by Gasteiger charge is -2.19. The van der Waals surface area contributed by atoms with E-state index in [-0.39, 0.29) is 0 Å². The minimum Gasteiger partial charge on any atom is -0.0991 e. The largest absolute Gasteiger partial charge is 0.0991 e. The van der Waals surface area contributed by atoms with Gasteiger partial charge in [-0.25, -0.2) is 0 Å². The topological polar surface area (TPSA) is 0 Å². The van der Waals surface area contributed by atoms with Crippen molar-refractivity contribution in [1.29, 1.82) is 0 Å². The van der Waals surface area contributed by atoms with Gasteiger partial charge in [0.2, 0.25) is 0 Å². The van der Waals surface area contributed by atoms with E-state index in [4.69, 9.17) is 0 Å². The fraction of sp³-hybridized carbons (Fsp3) is 0.0526. The van der Waals surface area contributed by atoms with E-state index in [1.54, 1.807) is 6.08 Å². The Kier molecular flexibility index (Phi) is 5.53. The van der Waals surface area contributed by atoms with Crippen LogP contribution in [0.4, 0.5) is 0 Å². The number of hydrogen-bond acceptors (Lipinski definition) is 0. The van der Waals surface area contributed by atoms with Gasteiger partial charge in [0.15, 0.2) is 0 Å². The van der Waals surface area contributed by atoms with Gasteiger partial charge in [-0.05, 0) is 30.8 Å². The van der Waals surface area contributed by atoms with Crippen molar-refractivity contribution >= 4 is 18.5 Å². The summed E-state index contributed by atoms with van der Waals surface area (Å²) in [6.45, 7) is 5.92. The molecule has 0 atom stereocenters. The van der Waals surface area contributed by atoms with Crippen LogP contribution < -0.4 is 10.6 Å². The summed E-state index contributed by atoms with van der Waals surface area (Å²) in [6, 6.07) is 21.4. The van der Waals surface area contributed by atoms with Crippen LogP contribution in [0.1, 0.15) is 6.92 Å². The summed E-state index contributed by atoms with van der Waals surface area (Å²) in [5.41, 5.74) is 0. The van der Waals surface area contributed by atoms with Crippen molar-refractivity contribution in [2.24, 2.45) is 0 Å². The molecule has 2 rings (SSSR count). The lowest BCUT2D eigenvalue weighted by Crippen LogP contribution is -2.11. The summed E-state index contributed by atoms with van der Waals surface area (Å²) in [6.07, 6.45) is 8.01. The van der Waals surface area contributed by atoms with E-state index < -0.39 is 7.92 Å². The van der Waals surface area contributed by atoms with E-state index in [1.807, 2.05) is 6.08 Å². The van der Waals surface area contributed by atoms with Crippen LogP contribution in [0.25, 0.3) is 0 Å². The Morgan fingerprint density at radius 2 is 1.35 bits per heavy atom. The molecule has 2 aromatic rings. The molecule has 0 saturated heterocycles. The Hall–Kier alpha value is -1.91. The molecule has 0 N–H and O–H groups in total. The van der Waals surface area contributed by atoms with Crippen LogP contribution >= 0.6 is 7.92 Å². The van der Waals surface area contributed by atoms with Gasteiger partial charge in [-0.2, -0.15) is 0 Å². The van der Waals surface area contributed by atoms with Gasteiger partial charge in [0, 0.05) is 0 Å². The zero-order valence-electron chi connectivity index (χ0n) is 11.7. The van der Waals surface area contributed by atoms with Gasteiger partial charge in [-0.3, -0.25) is 0 Å². The Morgan fingerprint density at radius 3 is 1.80 bits per heavy atom. The summed E-state index contributed by atoms with van der Waals surface area (Å²) < 4.78 is 0. The van der Waals surface area contributed by atoms with Crippen LogP contribution in [0.3, 0.4) is 0 Å². The molecule has 0 aromatic heterocycles. The maximum atomic E-state index is 3.71. The smallest absolute Gasteiger partial charge is 0.0154 e. The molecule has 2 aromatic carbocycles. The third-order valence-electron chi connectivity index (χ3n) is 2.97. The predicted octanol–water partition coefficient (Wildman–Crippen LogP) is 4.77. The van der Waals surface area contributed by atoms with Crippen molar-refractivity contribution in [3.05, 3.63) is 96.9 Å². The van der Waals surface area contributed by atoms with Gasteiger partial charge in [0.1, 0.15) is 0 Å². The van der Waals surface area contributed by atoms with Crippen LogP contribution in [0.15, 0.2) is 96.9 Å². The lowest BCUT2D eigenvalue weighted by atomic mass is 10.4. The van der Waals surface area contributed by atoms with Crippen molar-refractivity contribution < 1.29 is 0 Å². The molecular formula is C19H19P. The van der Waals surface area contributed by atoms with E-state index in [9.17, 15) is 0 Å². The Labute approximate surface area is 122 Å². The molecule has 0 unspecified atom stereocenters. The predicted molar refractivity (Wildman–Crippen MR) is 92.2 cm³/mol. The second kappa shape index (κ2) is 7.62. The molecule has 0 radical (unpaired) electrons. The van der Waals surface area contributed by atoms with Crippen LogP contribution in [-0.4, -0.2) is 0 Å². The molecular weight excluding hydrogens is 259 g/mol. The minimum absolute atomic E-state index is 0.453. The summed E-state index contributed by atoms with van der Waals surface area (Å²) in [5.74, 6) is 0. The van der Waals surface area contributed by atoms with E-state index in [0.29, 0.717) is 0 Å². The van der Waals surface area contributed by atoms with E-state index in [0.717, 1.165) is 0 Å². The molecule has 0 aliphatic carbocycles. The molecule has 0 fully saturated rings. The van der Waals surface area contributed by atoms with Crippen LogP contribution in [0.5, 0.6) is 0 Å². The molecule has 0 heterocycles. The Bertz CT molecular complexity index is 555. The van der Waals surface area contributed by atoms with Crippen LogP contribution in [0, 0.1) is 0 Å². The molecule has 0 spiro atoms. The number of rotatable bonds is 5. The molecule has 0 bridgehead atoms. The fourth-order valence-electron chi connectivity index (χ4n) is 2.06. The second-order valence-corrected chi connectivity index (χ2v) is 6.84. The fourth-order valence-corrected chi connectivity index (χ4v) is 4.35. The molecule has 0 amide bonds. The number of hydrogen-bond donors (Lipinski definition) is 0. The Balaban J connectivity index is 2.42. The summed E-state index contributed by atoms with van der Waals surface area (Å²) in [5, 5.41) is 4.15. The summed E-state index contributed by atoms with van der Waals surface area (Å²) >= 11 is 0. The third kappa shape index (κ3) is 3.79. The molecule has 20 heavy (non-hydrogen) atoms. The van der Waals surface area contributed by atoms with Gasteiger partial charge >= 0.3 is 0 Å². The van der Waals surface area contributed by atoms with E-state index in [2.05, 4.69) is 86.3 Å². The van der Waals surface area contributed by atoms with E-state index >= 15 is 0 Å².